The van der Waals surface area contributed by atoms with Crippen LogP contribution in [0.2, 0.25) is 0 Å². The van der Waals surface area contributed by atoms with E-state index in [0.717, 1.165) is 0 Å². The maximum absolute atomic E-state index is 11.2. The van der Waals surface area contributed by atoms with Gasteiger partial charge in [-0.15, -0.1) is 6.42 Å². The highest BCUT2D eigenvalue weighted by Gasteiger charge is 2.13. The average molecular weight is 205 g/mol. The SMILES string of the molecule is C#CC(CC)NS(=O)(=O)CCOC. The largest absolute Gasteiger partial charge is 0.384 e. The van der Waals surface area contributed by atoms with Gasteiger partial charge in [0.15, 0.2) is 0 Å². The van der Waals surface area contributed by atoms with Gasteiger partial charge in [-0.1, -0.05) is 12.8 Å². The molecule has 0 bridgehead atoms. The fourth-order valence-corrected chi connectivity index (χ4v) is 1.88. The van der Waals surface area contributed by atoms with Crippen LogP contribution in [-0.4, -0.2) is 33.9 Å². The summed E-state index contributed by atoms with van der Waals surface area (Å²) >= 11 is 0. The van der Waals surface area contributed by atoms with Crippen molar-refractivity contribution >= 4 is 10.0 Å². The lowest BCUT2D eigenvalue weighted by Crippen LogP contribution is -2.35. The molecule has 0 spiro atoms. The van der Waals surface area contributed by atoms with Crippen molar-refractivity contribution in [3.63, 3.8) is 0 Å². The lowest BCUT2D eigenvalue weighted by atomic mass is 10.3. The van der Waals surface area contributed by atoms with Crippen LogP contribution in [-0.2, 0) is 14.8 Å². The summed E-state index contributed by atoms with van der Waals surface area (Å²) in [5.41, 5.74) is 0. The Kier molecular flexibility index (Phi) is 5.71. The summed E-state index contributed by atoms with van der Waals surface area (Å²) in [6, 6.07) is -0.415. The molecule has 0 fully saturated rings. The Balaban J connectivity index is 4.10. The molecule has 0 aromatic carbocycles. The van der Waals surface area contributed by atoms with Gasteiger partial charge in [-0.2, -0.15) is 0 Å². The summed E-state index contributed by atoms with van der Waals surface area (Å²) in [7, 11) is -1.83. The number of rotatable bonds is 6. The lowest BCUT2D eigenvalue weighted by molar-refractivity contribution is 0.217. The van der Waals surface area contributed by atoms with Crippen molar-refractivity contribution in [1.82, 2.24) is 4.72 Å². The van der Waals surface area contributed by atoms with Gasteiger partial charge < -0.3 is 4.74 Å². The molecule has 0 amide bonds. The van der Waals surface area contributed by atoms with Crippen LogP contribution in [0.5, 0.6) is 0 Å². The van der Waals surface area contributed by atoms with Gasteiger partial charge in [0.2, 0.25) is 10.0 Å². The average Bonchev–Trinajstić information content (AvgIpc) is 2.11. The molecular weight excluding hydrogens is 190 g/mol. The van der Waals surface area contributed by atoms with Crippen molar-refractivity contribution in [1.29, 1.82) is 0 Å². The van der Waals surface area contributed by atoms with Crippen LogP contribution in [0.25, 0.3) is 0 Å². The Bertz CT molecular complexity index is 266. The van der Waals surface area contributed by atoms with Crippen molar-refractivity contribution in [3.8, 4) is 12.3 Å². The van der Waals surface area contributed by atoms with Crippen LogP contribution in [0.1, 0.15) is 13.3 Å². The normalized spacial score (nSPS) is 13.6. The predicted octanol–water partition coefficient (Wildman–Crippen LogP) is -0.0360. The first-order valence-corrected chi connectivity index (χ1v) is 5.66. The first-order chi connectivity index (χ1) is 6.05. The minimum absolute atomic E-state index is 0.0539. The van der Waals surface area contributed by atoms with Crippen LogP contribution in [0.3, 0.4) is 0 Å². The van der Waals surface area contributed by atoms with Crippen LogP contribution < -0.4 is 4.72 Å². The highest BCUT2D eigenvalue weighted by atomic mass is 32.2. The van der Waals surface area contributed by atoms with E-state index in [9.17, 15) is 8.42 Å². The molecule has 5 heteroatoms. The molecule has 0 aromatic heterocycles. The topological polar surface area (TPSA) is 55.4 Å². The van der Waals surface area contributed by atoms with Crippen LogP contribution in [0, 0.1) is 12.3 Å². The van der Waals surface area contributed by atoms with Crippen molar-refractivity contribution < 1.29 is 13.2 Å². The summed E-state index contributed by atoms with van der Waals surface area (Å²) < 4.78 is 29.5. The minimum Gasteiger partial charge on any atom is -0.384 e. The second kappa shape index (κ2) is 5.97. The summed E-state index contributed by atoms with van der Waals surface area (Å²) in [6.45, 7) is 2.00. The number of sulfonamides is 1. The Morgan fingerprint density at radius 2 is 2.23 bits per heavy atom. The zero-order chi connectivity index (χ0) is 10.3. The van der Waals surface area contributed by atoms with Crippen LogP contribution in [0.4, 0.5) is 0 Å². The monoisotopic (exact) mass is 205 g/mol. The minimum atomic E-state index is -3.28. The molecule has 0 radical (unpaired) electrons. The number of methoxy groups -OCH3 is 1. The summed E-state index contributed by atoms with van der Waals surface area (Å²) in [4.78, 5) is 0. The number of nitrogens with one attached hydrogen (secondary N) is 1. The van der Waals surface area contributed by atoms with E-state index in [1.165, 1.54) is 7.11 Å². The van der Waals surface area contributed by atoms with E-state index in [1.807, 2.05) is 6.92 Å². The third-order valence-corrected chi connectivity index (χ3v) is 2.84. The van der Waals surface area contributed by atoms with E-state index in [0.29, 0.717) is 6.42 Å². The maximum atomic E-state index is 11.2. The van der Waals surface area contributed by atoms with Crippen LogP contribution >= 0.6 is 0 Å². The number of hydrogen-bond donors (Lipinski definition) is 1. The molecule has 1 atom stereocenters. The molecule has 0 heterocycles. The highest BCUT2D eigenvalue weighted by Crippen LogP contribution is 1.93. The van der Waals surface area contributed by atoms with Gasteiger partial charge in [0, 0.05) is 7.11 Å². The Labute approximate surface area is 79.7 Å². The van der Waals surface area contributed by atoms with Gasteiger partial charge in [-0.05, 0) is 6.42 Å². The first kappa shape index (κ1) is 12.4. The third-order valence-electron chi connectivity index (χ3n) is 1.49. The molecule has 76 valence electrons. The summed E-state index contributed by atoms with van der Waals surface area (Å²) in [6.07, 6.45) is 5.70. The van der Waals surface area contributed by atoms with Gasteiger partial charge in [0.1, 0.15) is 0 Å². The van der Waals surface area contributed by atoms with E-state index in [4.69, 9.17) is 6.42 Å². The summed E-state index contributed by atoms with van der Waals surface area (Å²) in [5.74, 6) is 2.30. The fourth-order valence-electron chi connectivity index (χ4n) is 0.704. The fraction of sp³-hybridized carbons (Fsp3) is 0.750. The molecule has 4 nitrogen and oxygen atoms in total. The number of hydrogen-bond acceptors (Lipinski definition) is 3. The molecule has 0 rings (SSSR count). The van der Waals surface area contributed by atoms with Crippen molar-refractivity contribution in [3.05, 3.63) is 0 Å². The van der Waals surface area contributed by atoms with Crippen molar-refractivity contribution in [2.75, 3.05) is 19.5 Å². The van der Waals surface area contributed by atoms with Crippen molar-refractivity contribution in [2.24, 2.45) is 0 Å². The smallest absolute Gasteiger partial charge is 0.214 e. The number of terminal acetylenes is 1. The lowest BCUT2D eigenvalue weighted by Gasteiger charge is -2.10. The van der Waals surface area contributed by atoms with E-state index in [2.05, 4.69) is 15.4 Å². The Morgan fingerprint density at radius 1 is 1.62 bits per heavy atom. The molecule has 0 aliphatic carbocycles. The van der Waals surface area contributed by atoms with E-state index in [-0.39, 0.29) is 12.4 Å². The zero-order valence-electron chi connectivity index (χ0n) is 7.91. The standard InChI is InChI=1S/C8H15NO3S/c1-4-8(5-2)9-13(10,11)7-6-12-3/h1,8-9H,5-7H2,2-3H3. The molecule has 1 unspecified atom stereocenters. The second-order valence-electron chi connectivity index (χ2n) is 2.56. The molecule has 1 N–H and O–H groups in total. The Hall–Kier alpha value is -0.570. The van der Waals surface area contributed by atoms with Gasteiger partial charge in [0.25, 0.3) is 0 Å². The van der Waals surface area contributed by atoms with Crippen LogP contribution in [0.15, 0.2) is 0 Å². The molecule has 0 saturated carbocycles. The van der Waals surface area contributed by atoms with Gasteiger partial charge in [0.05, 0.1) is 18.4 Å². The molecule has 0 aromatic rings. The second-order valence-corrected chi connectivity index (χ2v) is 4.43. The predicted molar refractivity (Wildman–Crippen MR) is 51.7 cm³/mol. The molecule has 0 aliphatic heterocycles. The quantitative estimate of drug-likeness (QED) is 0.619. The maximum Gasteiger partial charge on any atom is 0.214 e. The van der Waals surface area contributed by atoms with E-state index in [1.54, 1.807) is 0 Å². The third kappa shape index (κ3) is 5.64. The van der Waals surface area contributed by atoms with Crippen molar-refractivity contribution in [2.45, 2.75) is 19.4 Å². The van der Waals surface area contributed by atoms with Gasteiger partial charge >= 0.3 is 0 Å². The number of ether oxygens (including phenoxy) is 1. The molecule has 0 saturated heterocycles. The molecular formula is C8H15NO3S. The van der Waals surface area contributed by atoms with Gasteiger partial charge in [-0.3, -0.25) is 0 Å². The van der Waals surface area contributed by atoms with Gasteiger partial charge in [-0.25, -0.2) is 13.1 Å². The zero-order valence-corrected chi connectivity index (χ0v) is 8.73. The Morgan fingerprint density at radius 3 is 2.62 bits per heavy atom. The van der Waals surface area contributed by atoms with E-state index < -0.39 is 16.1 Å². The molecule has 13 heavy (non-hydrogen) atoms. The molecule has 0 aliphatic rings. The highest BCUT2D eigenvalue weighted by molar-refractivity contribution is 7.89. The summed E-state index contributed by atoms with van der Waals surface area (Å²) in [5, 5.41) is 0. The first-order valence-electron chi connectivity index (χ1n) is 4.00. The van der Waals surface area contributed by atoms with E-state index >= 15 is 0 Å².